The third-order valence-electron chi connectivity index (χ3n) is 2.09. The smallest absolute Gasteiger partial charge is 0.328 e. The summed E-state index contributed by atoms with van der Waals surface area (Å²) in [6, 6.07) is 4.14. The molecule has 2 rings (SSSR count). The number of hydrogen-bond donors (Lipinski definition) is 3. The molecule has 0 fully saturated rings. The lowest BCUT2D eigenvalue weighted by Crippen LogP contribution is -2.23. The number of aliphatic carboxylic acids is 1. The van der Waals surface area contributed by atoms with E-state index >= 15 is 0 Å². The number of carboxylic acid groups (broad SMARTS) is 1. The topological polar surface area (TPSA) is 105 Å². The number of nitrogens with two attached hydrogens (primary N) is 1. The number of H-pyrrole nitrogens is 1. The van der Waals surface area contributed by atoms with Gasteiger partial charge in [0, 0.05) is 12.4 Å². The van der Waals surface area contributed by atoms with E-state index in [4.69, 9.17) is 10.8 Å². The van der Waals surface area contributed by atoms with E-state index in [-0.39, 0.29) is 5.82 Å². The molecule has 2 heterocycles. The number of carbonyl (C=O) groups is 1. The summed E-state index contributed by atoms with van der Waals surface area (Å²) in [6.45, 7) is 0. The van der Waals surface area contributed by atoms with Crippen molar-refractivity contribution in [2.24, 2.45) is 5.73 Å². The van der Waals surface area contributed by atoms with Crippen LogP contribution in [-0.2, 0) is 4.79 Å². The highest BCUT2D eigenvalue weighted by Gasteiger charge is 2.17. The minimum Gasteiger partial charge on any atom is -0.480 e. The van der Waals surface area contributed by atoms with Crippen LogP contribution in [0, 0.1) is 0 Å². The number of aromatic amines is 1. The molecule has 0 aliphatic carbocycles. The van der Waals surface area contributed by atoms with Crippen molar-refractivity contribution in [3.63, 3.8) is 0 Å². The summed E-state index contributed by atoms with van der Waals surface area (Å²) in [5, 5.41) is 8.74. The quantitative estimate of drug-likeness (QED) is 0.698. The van der Waals surface area contributed by atoms with Crippen LogP contribution in [-0.4, -0.2) is 26.0 Å². The predicted molar refractivity (Wildman–Crippen MR) is 56.4 cm³/mol. The van der Waals surface area contributed by atoms with E-state index in [0.29, 0.717) is 5.69 Å². The van der Waals surface area contributed by atoms with Crippen LogP contribution in [0.5, 0.6) is 0 Å². The standard InChI is InChI=1S/C10H10N4O2/c11-8(10(15)16)9-13-5-3-7(14-9)6-2-1-4-12-6/h1-5,8,12H,11H2,(H,15,16). The van der Waals surface area contributed by atoms with Crippen LogP contribution in [0.1, 0.15) is 11.9 Å². The number of hydrogen-bond acceptors (Lipinski definition) is 4. The Morgan fingerprint density at radius 2 is 2.31 bits per heavy atom. The summed E-state index contributed by atoms with van der Waals surface area (Å²) in [4.78, 5) is 21.6. The summed E-state index contributed by atoms with van der Waals surface area (Å²) in [5.74, 6) is -1.05. The molecule has 82 valence electrons. The molecule has 2 aromatic heterocycles. The molecule has 0 aliphatic heterocycles. The Morgan fingerprint density at radius 1 is 1.50 bits per heavy atom. The number of rotatable bonds is 3. The van der Waals surface area contributed by atoms with E-state index < -0.39 is 12.0 Å². The van der Waals surface area contributed by atoms with Crippen molar-refractivity contribution >= 4 is 5.97 Å². The van der Waals surface area contributed by atoms with E-state index in [1.165, 1.54) is 6.20 Å². The molecule has 1 atom stereocenters. The molecule has 2 aromatic rings. The minimum atomic E-state index is -1.20. The highest BCUT2D eigenvalue weighted by Crippen LogP contribution is 2.15. The fourth-order valence-electron chi connectivity index (χ4n) is 1.27. The molecule has 0 amide bonds. The van der Waals surface area contributed by atoms with Gasteiger partial charge >= 0.3 is 5.97 Å². The zero-order valence-corrected chi connectivity index (χ0v) is 8.29. The number of nitrogens with one attached hydrogen (secondary N) is 1. The second-order valence-electron chi connectivity index (χ2n) is 3.20. The Kier molecular flexibility index (Phi) is 2.65. The zero-order chi connectivity index (χ0) is 11.5. The molecule has 6 nitrogen and oxygen atoms in total. The molecule has 0 aliphatic rings. The van der Waals surface area contributed by atoms with E-state index in [0.717, 1.165) is 5.69 Å². The van der Waals surface area contributed by atoms with E-state index in [1.54, 1.807) is 12.3 Å². The first-order chi connectivity index (χ1) is 7.68. The zero-order valence-electron chi connectivity index (χ0n) is 8.29. The Labute approximate surface area is 91.2 Å². The van der Waals surface area contributed by atoms with Gasteiger partial charge in [-0.1, -0.05) is 0 Å². The predicted octanol–water partition coefficient (Wildman–Crippen LogP) is 0.556. The molecule has 4 N–H and O–H groups in total. The third-order valence-corrected chi connectivity index (χ3v) is 2.09. The summed E-state index contributed by atoms with van der Waals surface area (Å²) >= 11 is 0. The van der Waals surface area contributed by atoms with Crippen LogP contribution >= 0.6 is 0 Å². The Morgan fingerprint density at radius 3 is 2.94 bits per heavy atom. The summed E-state index contributed by atoms with van der Waals surface area (Å²) in [5.41, 5.74) is 6.84. The lowest BCUT2D eigenvalue weighted by atomic mass is 10.2. The summed E-state index contributed by atoms with van der Waals surface area (Å²) in [7, 11) is 0. The van der Waals surface area contributed by atoms with Gasteiger partial charge in [0.2, 0.25) is 0 Å². The van der Waals surface area contributed by atoms with Crippen molar-refractivity contribution in [1.29, 1.82) is 0 Å². The van der Waals surface area contributed by atoms with Crippen LogP contribution in [0.2, 0.25) is 0 Å². The van der Waals surface area contributed by atoms with E-state index in [1.807, 2.05) is 12.1 Å². The summed E-state index contributed by atoms with van der Waals surface area (Å²) < 4.78 is 0. The van der Waals surface area contributed by atoms with E-state index in [9.17, 15) is 4.79 Å². The molecule has 0 aromatic carbocycles. The summed E-state index contributed by atoms with van der Waals surface area (Å²) in [6.07, 6.45) is 3.25. The fraction of sp³-hybridized carbons (Fsp3) is 0.100. The molecular weight excluding hydrogens is 208 g/mol. The lowest BCUT2D eigenvalue weighted by molar-refractivity contribution is -0.138. The minimum absolute atomic E-state index is 0.0969. The van der Waals surface area contributed by atoms with Gasteiger partial charge in [0.25, 0.3) is 0 Å². The van der Waals surface area contributed by atoms with Gasteiger partial charge in [-0.2, -0.15) is 0 Å². The molecule has 0 bridgehead atoms. The van der Waals surface area contributed by atoms with Gasteiger partial charge in [0.05, 0.1) is 11.4 Å². The number of aromatic nitrogens is 3. The van der Waals surface area contributed by atoms with Crippen LogP contribution < -0.4 is 5.73 Å². The average molecular weight is 218 g/mol. The van der Waals surface area contributed by atoms with Gasteiger partial charge in [0.1, 0.15) is 0 Å². The monoisotopic (exact) mass is 218 g/mol. The molecule has 16 heavy (non-hydrogen) atoms. The first kappa shape index (κ1) is 10.3. The Bertz CT molecular complexity index is 495. The Hall–Kier alpha value is -2.21. The molecule has 6 heteroatoms. The number of nitrogens with zero attached hydrogens (tertiary/aromatic N) is 2. The normalized spacial score (nSPS) is 12.3. The van der Waals surface area contributed by atoms with Crippen LogP contribution in [0.3, 0.4) is 0 Å². The maximum atomic E-state index is 10.7. The second-order valence-corrected chi connectivity index (χ2v) is 3.20. The van der Waals surface area contributed by atoms with Crippen molar-refractivity contribution in [2.45, 2.75) is 6.04 Å². The van der Waals surface area contributed by atoms with Crippen molar-refractivity contribution in [3.8, 4) is 11.4 Å². The molecule has 0 saturated carbocycles. The first-order valence-corrected chi connectivity index (χ1v) is 4.63. The molecule has 0 radical (unpaired) electrons. The van der Waals surface area contributed by atoms with Gasteiger partial charge in [-0.3, -0.25) is 4.79 Å². The van der Waals surface area contributed by atoms with Gasteiger partial charge in [-0.15, -0.1) is 0 Å². The Balaban J connectivity index is 2.37. The molecule has 1 unspecified atom stereocenters. The fourth-order valence-corrected chi connectivity index (χ4v) is 1.27. The number of carboxylic acids is 1. The maximum absolute atomic E-state index is 10.7. The van der Waals surface area contributed by atoms with Crippen LogP contribution in [0.25, 0.3) is 11.4 Å². The van der Waals surface area contributed by atoms with Crippen molar-refractivity contribution in [1.82, 2.24) is 15.0 Å². The molecule has 0 spiro atoms. The van der Waals surface area contributed by atoms with Crippen LogP contribution in [0.4, 0.5) is 0 Å². The first-order valence-electron chi connectivity index (χ1n) is 4.63. The van der Waals surface area contributed by atoms with Crippen LogP contribution in [0.15, 0.2) is 30.6 Å². The second kappa shape index (κ2) is 4.11. The van der Waals surface area contributed by atoms with Crippen molar-refractivity contribution < 1.29 is 9.90 Å². The van der Waals surface area contributed by atoms with E-state index in [2.05, 4.69) is 15.0 Å². The van der Waals surface area contributed by atoms with Gasteiger partial charge < -0.3 is 15.8 Å². The van der Waals surface area contributed by atoms with Gasteiger partial charge in [0.15, 0.2) is 11.9 Å². The molecule has 0 saturated heterocycles. The maximum Gasteiger partial charge on any atom is 0.328 e. The van der Waals surface area contributed by atoms with Crippen molar-refractivity contribution in [2.75, 3.05) is 0 Å². The average Bonchev–Trinajstić information content (AvgIpc) is 2.81. The largest absolute Gasteiger partial charge is 0.480 e. The molecular formula is C10H10N4O2. The third kappa shape index (κ3) is 1.91. The van der Waals surface area contributed by atoms with Crippen molar-refractivity contribution in [3.05, 3.63) is 36.4 Å². The van der Waals surface area contributed by atoms with Gasteiger partial charge in [-0.25, -0.2) is 9.97 Å². The lowest BCUT2D eigenvalue weighted by Gasteiger charge is -2.05. The SMILES string of the molecule is NC(C(=O)O)c1nccc(-c2ccc[nH]2)n1. The van der Waals surface area contributed by atoms with Gasteiger partial charge in [-0.05, 0) is 18.2 Å². The highest BCUT2D eigenvalue weighted by molar-refractivity contribution is 5.74. The highest BCUT2D eigenvalue weighted by atomic mass is 16.4.